The lowest BCUT2D eigenvalue weighted by atomic mass is 10.3. The van der Waals surface area contributed by atoms with Crippen molar-refractivity contribution < 1.29 is 4.79 Å². The van der Waals surface area contributed by atoms with Gasteiger partial charge < -0.3 is 10.7 Å². The molecule has 0 saturated heterocycles. The lowest BCUT2D eigenvalue weighted by Gasteiger charge is -1.88. The maximum Gasteiger partial charge on any atom is 0.284 e. The number of aromatic nitrogens is 2. The zero-order valence-corrected chi connectivity index (χ0v) is 8.13. The van der Waals surface area contributed by atoms with Gasteiger partial charge in [0.1, 0.15) is 5.52 Å². The van der Waals surface area contributed by atoms with Gasteiger partial charge in [-0.15, -0.1) is 0 Å². The Labute approximate surface area is 82.3 Å². The average Bonchev–Trinajstić information content (AvgIpc) is 2.49. The molecule has 13 heavy (non-hydrogen) atoms. The molecule has 0 atom stereocenters. The third kappa shape index (κ3) is 1.31. The van der Waals surface area contributed by atoms with Gasteiger partial charge in [-0.2, -0.15) is 0 Å². The van der Waals surface area contributed by atoms with E-state index in [1.165, 1.54) is 0 Å². The van der Waals surface area contributed by atoms with Gasteiger partial charge in [-0.05, 0) is 28.1 Å². The largest absolute Gasteiger partial charge is 0.363 e. The number of carbonyl (C=O) groups is 1. The summed E-state index contributed by atoms with van der Waals surface area (Å²) >= 11 is 3.32. The molecule has 0 fully saturated rings. The van der Waals surface area contributed by atoms with Crippen LogP contribution in [0.4, 0.5) is 0 Å². The summed E-state index contributed by atoms with van der Waals surface area (Å²) in [6.45, 7) is 0. The normalized spacial score (nSPS) is 10.5. The van der Waals surface area contributed by atoms with Crippen molar-refractivity contribution in [3.8, 4) is 0 Å². The van der Waals surface area contributed by atoms with Gasteiger partial charge in [0.2, 0.25) is 0 Å². The first-order valence-electron chi connectivity index (χ1n) is 3.62. The first-order valence-corrected chi connectivity index (χ1v) is 4.42. The van der Waals surface area contributed by atoms with Crippen LogP contribution in [0.5, 0.6) is 0 Å². The lowest BCUT2D eigenvalue weighted by molar-refractivity contribution is 0.0991. The van der Waals surface area contributed by atoms with Gasteiger partial charge in [0.15, 0.2) is 5.82 Å². The van der Waals surface area contributed by atoms with E-state index in [0.29, 0.717) is 0 Å². The van der Waals surface area contributed by atoms with Crippen LogP contribution in [0, 0.1) is 0 Å². The van der Waals surface area contributed by atoms with E-state index in [1.54, 1.807) is 0 Å². The van der Waals surface area contributed by atoms with Gasteiger partial charge in [-0.25, -0.2) is 4.98 Å². The number of halogens is 1. The smallest absolute Gasteiger partial charge is 0.284 e. The molecular formula is C8H6BrN3O. The highest BCUT2D eigenvalue weighted by atomic mass is 79.9. The van der Waals surface area contributed by atoms with Crippen LogP contribution in [0.2, 0.25) is 0 Å². The number of para-hydroxylation sites is 1. The van der Waals surface area contributed by atoms with E-state index in [2.05, 4.69) is 25.9 Å². The number of rotatable bonds is 1. The van der Waals surface area contributed by atoms with Crippen LogP contribution in [0.1, 0.15) is 10.6 Å². The summed E-state index contributed by atoms with van der Waals surface area (Å²) in [5, 5.41) is 0. The van der Waals surface area contributed by atoms with Crippen molar-refractivity contribution in [2.24, 2.45) is 5.73 Å². The molecule has 3 N–H and O–H groups in total. The van der Waals surface area contributed by atoms with Crippen LogP contribution in [0.25, 0.3) is 11.0 Å². The van der Waals surface area contributed by atoms with Gasteiger partial charge in [-0.1, -0.05) is 6.07 Å². The highest BCUT2D eigenvalue weighted by Crippen LogP contribution is 2.21. The monoisotopic (exact) mass is 239 g/mol. The number of hydrogen-bond donors (Lipinski definition) is 2. The van der Waals surface area contributed by atoms with E-state index in [-0.39, 0.29) is 5.82 Å². The fourth-order valence-electron chi connectivity index (χ4n) is 1.11. The highest BCUT2D eigenvalue weighted by Gasteiger charge is 2.08. The summed E-state index contributed by atoms with van der Waals surface area (Å²) < 4.78 is 0.841. The lowest BCUT2D eigenvalue weighted by Crippen LogP contribution is -2.12. The van der Waals surface area contributed by atoms with Crippen LogP contribution in [-0.4, -0.2) is 15.9 Å². The summed E-state index contributed by atoms with van der Waals surface area (Å²) in [4.78, 5) is 17.7. The molecule has 0 aliphatic rings. The minimum atomic E-state index is -0.553. The number of aromatic amines is 1. The average molecular weight is 240 g/mol. The van der Waals surface area contributed by atoms with Crippen molar-refractivity contribution in [3.63, 3.8) is 0 Å². The summed E-state index contributed by atoms with van der Waals surface area (Å²) in [6, 6.07) is 5.54. The molecule has 66 valence electrons. The van der Waals surface area contributed by atoms with Crippen molar-refractivity contribution in [1.82, 2.24) is 9.97 Å². The number of imidazole rings is 1. The molecule has 0 bridgehead atoms. The summed E-state index contributed by atoms with van der Waals surface area (Å²) in [6.07, 6.45) is 0. The second-order valence-electron chi connectivity index (χ2n) is 2.59. The summed E-state index contributed by atoms with van der Waals surface area (Å²) in [7, 11) is 0. The minimum Gasteiger partial charge on any atom is -0.363 e. The minimum absolute atomic E-state index is 0.182. The molecule has 1 amide bonds. The number of amides is 1. The Morgan fingerprint density at radius 2 is 2.31 bits per heavy atom. The first-order chi connectivity index (χ1) is 6.18. The third-order valence-corrected chi connectivity index (χ3v) is 2.34. The molecule has 4 nitrogen and oxygen atoms in total. The quantitative estimate of drug-likeness (QED) is 0.791. The molecule has 1 heterocycles. The van der Waals surface area contributed by atoms with E-state index in [0.717, 1.165) is 15.5 Å². The molecule has 5 heteroatoms. The van der Waals surface area contributed by atoms with E-state index < -0.39 is 5.91 Å². The van der Waals surface area contributed by atoms with E-state index in [1.807, 2.05) is 18.2 Å². The number of benzene rings is 1. The van der Waals surface area contributed by atoms with Crippen LogP contribution < -0.4 is 5.73 Å². The summed E-state index contributed by atoms with van der Waals surface area (Å²) in [5.41, 5.74) is 6.59. The Bertz CT molecular complexity index is 477. The first kappa shape index (κ1) is 8.25. The number of H-pyrrole nitrogens is 1. The fourth-order valence-corrected chi connectivity index (χ4v) is 1.57. The third-order valence-electron chi connectivity index (χ3n) is 1.70. The number of nitrogens with two attached hydrogens (primary N) is 1. The van der Waals surface area contributed by atoms with Crippen LogP contribution in [0.15, 0.2) is 22.7 Å². The van der Waals surface area contributed by atoms with Crippen molar-refractivity contribution in [2.45, 2.75) is 0 Å². The van der Waals surface area contributed by atoms with Crippen molar-refractivity contribution in [2.75, 3.05) is 0 Å². The number of nitrogens with zero attached hydrogens (tertiary/aromatic N) is 1. The van der Waals surface area contributed by atoms with Gasteiger partial charge in [-0.3, -0.25) is 4.79 Å². The van der Waals surface area contributed by atoms with Gasteiger partial charge in [0, 0.05) is 4.47 Å². The topological polar surface area (TPSA) is 71.8 Å². The molecule has 1 aromatic carbocycles. The van der Waals surface area contributed by atoms with Crippen molar-refractivity contribution in [1.29, 1.82) is 0 Å². The Kier molecular flexibility index (Phi) is 1.81. The number of fused-ring (bicyclic) bond motifs is 1. The molecule has 2 aromatic rings. The molecule has 0 saturated carbocycles. The maximum absolute atomic E-state index is 10.8. The molecule has 0 aliphatic heterocycles. The predicted octanol–water partition coefficient (Wildman–Crippen LogP) is 1.42. The standard InChI is InChI=1S/C8H6BrN3O/c9-4-2-1-3-5-6(4)12-8(11-5)7(10)13/h1-3H,(H2,10,13)(H,11,12). The van der Waals surface area contributed by atoms with Gasteiger partial charge >= 0.3 is 0 Å². The SMILES string of the molecule is NC(=O)c1nc2c(Br)cccc2[nH]1. The maximum atomic E-state index is 10.8. The predicted molar refractivity (Wildman–Crippen MR) is 52.3 cm³/mol. The molecular weight excluding hydrogens is 234 g/mol. The van der Waals surface area contributed by atoms with Crippen LogP contribution in [0.3, 0.4) is 0 Å². The molecule has 0 spiro atoms. The molecule has 0 unspecified atom stereocenters. The van der Waals surface area contributed by atoms with Gasteiger partial charge in [0.05, 0.1) is 5.52 Å². The molecule has 1 aromatic heterocycles. The highest BCUT2D eigenvalue weighted by molar-refractivity contribution is 9.10. The Hall–Kier alpha value is -1.36. The molecule has 0 aliphatic carbocycles. The Morgan fingerprint density at radius 1 is 1.54 bits per heavy atom. The van der Waals surface area contributed by atoms with E-state index in [4.69, 9.17) is 5.73 Å². The van der Waals surface area contributed by atoms with Crippen LogP contribution >= 0.6 is 15.9 Å². The fraction of sp³-hybridized carbons (Fsp3) is 0. The van der Waals surface area contributed by atoms with Gasteiger partial charge in [0.25, 0.3) is 5.91 Å². The molecule has 0 radical (unpaired) electrons. The van der Waals surface area contributed by atoms with Crippen molar-refractivity contribution in [3.05, 3.63) is 28.5 Å². The van der Waals surface area contributed by atoms with E-state index in [9.17, 15) is 4.79 Å². The zero-order valence-electron chi connectivity index (χ0n) is 6.54. The van der Waals surface area contributed by atoms with Crippen LogP contribution in [-0.2, 0) is 0 Å². The number of hydrogen-bond acceptors (Lipinski definition) is 2. The van der Waals surface area contributed by atoms with E-state index >= 15 is 0 Å². The Balaban J connectivity index is 2.75. The second kappa shape index (κ2) is 2.85. The number of primary amides is 1. The summed E-state index contributed by atoms with van der Waals surface area (Å²) in [5.74, 6) is -0.370. The number of carbonyl (C=O) groups excluding carboxylic acids is 1. The molecule has 2 rings (SSSR count). The second-order valence-corrected chi connectivity index (χ2v) is 3.44. The number of nitrogens with one attached hydrogen (secondary N) is 1. The van der Waals surface area contributed by atoms with Crippen molar-refractivity contribution >= 4 is 32.9 Å². The Morgan fingerprint density at radius 3 is 2.92 bits per heavy atom. The zero-order chi connectivity index (χ0) is 9.42.